The highest BCUT2D eigenvalue weighted by Crippen LogP contribution is 2.18. The Kier molecular flexibility index (Phi) is 5.50. The van der Waals surface area contributed by atoms with E-state index in [9.17, 15) is 22.8 Å². The molecular formula is C18H17F3N6O2S. The van der Waals surface area contributed by atoms with Crippen molar-refractivity contribution < 1.29 is 13.2 Å². The van der Waals surface area contributed by atoms with Gasteiger partial charge >= 0.3 is 11.4 Å². The van der Waals surface area contributed by atoms with Crippen LogP contribution in [-0.2, 0) is 26.1 Å². The summed E-state index contributed by atoms with van der Waals surface area (Å²) in [7, 11) is 0. The highest BCUT2D eigenvalue weighted by atomic mass is 32.2. The fourth-order valence-electron chi connectivity index (χ4n) is 3.26. The van der Waals surface area contributed by atoms with Gasteiger partial charge in [0, 0.05) is 24.6 Å². The van der Waals surface area contributed by atoms with Crippen LogP contribution in [0.1, 0.15) is 30.6 Å². The number of fused-ring (bicyclic) bond motifs is 1. The summed E-state index contributed by atoms with van der Waals surface area (Å²) in [5.74, 6) is -1.99. The van der Waals surface area contributed by atoms with Crippen molar-refractivity contribution in [2.75, 3.05) is 5.75 Å². The molecule has 8 nitrogen and oxygen atoms in total. The molecule has 1 aliphatic rings. The summed E-state index contributed by atoms with van der Waals surface area (Å²) in [5.41, 5.74) is -1.78. The molecule has 3 aromatic rings. The van der Waals surface area contributed by atoms with Gasteiger partial charge in [-0.1, -0.05) is 18.7 Å². The molecule has 4 rings (SSSR count). The number of rotatable bonds is 6. The zero-order valence-electron chi connectivity index (χ0n) is 15.9. The molecule has 0 atom stereocenters. The molecule has 158 valence electrons. The van der Waals surface area contributed by atoms with Crippen molar-refractivity contribution in [3.63, 3.8) is 0 Å². The average Bonchev–Trinajstić information content (AvgIpc) is 3.27. The van der Waals surface area contributed by atoms with E-state index in [2.05, 4.69) is 15.1 Å². The topological polar surface area (TPSA) is 87.6 Å². The van der Waals surface area contributed by atoms with E-state index in [0.29, 0.717) is 23.7 Å². The third-order valence-corrected chi connectivity index (χ3v) is 5.53. The summed E-state index contributed by atoms with van der Waals surface area (Å²) in [6.07, 6.45) is 1.71. The van der Waals surface area contributed by atoms with Crippen molar-refractivity contribution in [3.05, 3.63) is 67.8 Å². The molecular weight excluding hydrogens is 421 g/mol. The fraction of sp³-hybridized carbons (Fsp3) is 0.389. The molecule has 0 unspecified atom stereocenters. The first-order chi connectivity index (χ1) is 14.4. The highest BCUT2D eigenvalue weighted by Gasteiger charge is 2.20. The number of thioether (sulfide) groups is 1. The van der Waals surface area contributed by atoms with E-state index in [1.807, 2.05) is 0 Å². The van der Waals surface area contributed by atoms with Crippen molar-refractivity contribution in [3.8, 4) is 0 Å². The van der Waals surface area contributed by atoms with Gasteiger partial charge in [0.2, 0.25) is 0 Å². The number of aromatic nitrogens is 6. The van der Waals surface area contributed by atoms with Gasteiger partial charge < -0.3 is 0 Å². The van der Waals surface area contributed by atoms with Gasteiger partial charge in [-0.25, -0.2) is 37.0 Å². The highest BCUT2D eigenvalue weighted by molar-refractivity contribution is 7.99. The fourth-order valence-corrected chi connectivity index (χ4v) is 3.96. The number of hydrogen-bond acceptors (Lipinski definition) is 6. The predicted octanol–water partition coefficient (Wildman–Crippen LogP) is 1.57. The standard InChI is InChI=1S/C18H17F3N6O2S/c1-2-30-17-23-16(28)25(9-14-22-15-4-3-5-27(15)24-14)18(29)26(17)8-10-6-12(20)13(21)7-11(10)19/h6-7H,2-5,8-9H2,1H3. The van der Waals surface area contributed by atoms with E-state index in [1.54, 1.807) is 11.6 Å². The second kappa shape index (κ2) is 8.09. The SMILES string of the molecule is CCSc1nc(=O)n(Cc2nc3n(n2)CCC3)c(=O)n1Cc1cc(F)c(F)cc1F. The van der Waals surface area contributed by atoms with E-state index in [0.717, 1.165) is 46.1 Å². The zero-order valence-corrected chi connectivity index (χ0v) is 16.8. The Morgan fingerprint density at radius 1 is 1.03 bits per heavy atom. The van der Waals surface area contributed by atoms with Crippen LogP contribution in [0.2, 0.25) is 0 Å². The first kappa shape index (κ1) is 20.4. The second-order valence-electron chi connectivity index (χ2n) is 6.69. The maximum atomic E-state index is 14.1. The number of aryl methyl sites for hydroxylation is 2. The van der Waals surface area contributed by atoms with Gasteiger partial charge in [0.25, 0.3) is 0 Å². The predicted molar refractivity (Wildman–Crippen MR) is 102 cm³/mol. The lowest BCUT2D eigenvalue weighted by atomic mass is 10.2. The van der Waals surface area contributed by atoms with Crippen LogP contribution in [0.4, 0.5) is 13.2 Å². The van der Waals surface area contributed by atoms with E-state index < -0.39 is 35.4 Å². The number of hydrogen-bond donors (Lipinski definition) is 0. The van der Waals surface area contributed by atoms with Crippen LogP contribution < -0.4 is 11.4 Å². The summed E-state index contributed by atoms with van der Waals surface area (Å²) in [4.78, 5) is 33.8. The first-order valence-corrected chi connectivity index (χ1v) is 10.3. The Morgan fingerprint density at radius 3 is 2.53 bits per heavy atom. The van der Waals surface area contributed by atoms with Crippen molar-refractivity contribution >= 4 is 11.8 Å². The number of nitrogens with zero attached hydrogens (tertiary/aromatic N) is 6. The summed E-state index contributed by atoms with van der Waals surface area (Å²) in [6.45, 7) is 1.91. The number of halogens is 3. The third-order valence-electron chi connectivity index (χ3n) is 4.67. The van der Waals surface area contributed by atoms with Crippen molar-refractivity contribution in [2.45, 2.75) is 44.6 Å². The molecule has 12 heteroatoms. The molecule has 1 aliphatic heterocycles. The molecule has 0 saturated heterocycles. The quantitative estimate of drug-likeness (QED) is 0.429. The van der Waals surface area contributed by atoms with Crippen LogP contribution in [0, 0.1) is 17.5 Å². The Hall–Kier alpha value is -2.89. The van der Waals surface area contributed by atoms with Crippen LogP contribution in [0.5, 0.6) is 0 Å². The number of benzene rings is 1. The van der Waals surface area contributed by atoms with Crippen LogP contribution in [-0.4, -0.2) is 34.6 Å². The smallest absolute Gasteiger partial charge is 0.268 e. The van der Waals surface area contributed by atoms with Crippen LogP contribution in [0.25, 0.3) is 0 Å². The van der Waals surface area contributed by atoms with E-state index in [4.69, 9.17) is 0 Å². The molecule has 2 aromatic heterocycles. The van der Waals surface area contributed by atoms with E-state index in [1.165, 1.54) is 0 Å². The van der Waals surface area contributed by atoms with Gasteiger partial charge in [-0.3, -0.25) is 4.57 Å². The molecule has 1 aromatic carbocycles. The van der Waals surface area contributed by atoms with Crippen LogP contribution in [0.3, 0.4) is 0 Å². The van der Waals surface area contributed by atoms with E-state index in [-0.39, 0.29) is 17.3 Å². The lowest BCUT2D eigenvalue weighted by molar-refractivity contribution is 0.476. The lowest BCUT2D eigenvalue weighted by Gasteiger charge is -2.13. The van der Waals surface area contributed by atoms with Crippen LogP contribution in [0.15, 0.2) is 26.9 Å². The molecule has 0 saturated carbocycles. The molecule has 30 heavy (non-hydrogen) atoms. The van der Waals surface area contributed by atoms with Gasteiger partial charge in [-0.05, 0) is 18.2 Å². The Bertz CT molecular complexity index is 1210. The molecule has 0 N–H and O–H groups in total. The van der Waals surface area contributed by atoms with Crippen molar-refractivity contribution in [1.82, 2.24) is 28.9 Å². The molecule has 0 amide bonds. The molecule has 0 spiro atoms. The first-order valence-electron chi connectivity index (χ1n) is 9.28. The second-order valence-corrected chi connectivity index (χ2v) is 7.92. The molecule has 0 bridgehead atoms. The van der Waals surface area contributed by atoms with Crippen molar-refractivity contribution in [2.24, 2.45) is 0 Å². The summed E-state index contributed by atoms with van der Waals surface area (Å²) in [5, 5.41) is 4.35. The van der Waals surface area contributed by atoms with Gasteiger partial charge in [-0.15, -0.1) is 0 Å². The largest absolute Gasteiger partial charge is 0.354 e. The van der Waals surface area contributed by atoms with Crippen LogP contribution >= 0.6 is 11.8 Å². The van der Waals surface area contributed by atoms with Gasteiger partial charge in [0.15, 0.2) is 22.6 Å². The molecule has 0 radical (unpaired) electrons. The van der Waals surface area contributed by atoms with Gasteiger partial charge in [-0.2, -0.15) is 10.1 Å². The summed E-state index contributed by atoms with van der Waals surface area (Å²) < 4.78 is 44.6. The van der Waals surface area contributed by atoms with Crippen molar-refractivity contribution in [1.29, 1.82) is 0 Å². The Balaban J connectivity index is 1.76. The maximum absolute atomic E-state index is 14.1. The third kappa shape index (κ3) is 3.78. The minimum atomic E-state index is -1.33. The van der Waals surface area contributed by atoms with Gasteiger partial charge in [0.05, 0.1) is 13.1 Å². The Morgan fingerprint density at radius 2 is 1.80 bits per heavy atom. The molecule has 0 fully saturated rings. The Labute approximate surface area is 172 Å². The normalized spacial score (nSPS) is 13.1. The lowest BCUT2D eigenvalue weighted by Crippen LogP contribution is -2.43. The van der Waals surface area contributed by atoms with Gasteiger partial charge in [0.1, 0.15) is 11.6 Å². The van der Waals surface area contributed by atoms with E-state index >= 15 is 0 Å². The molecule has 0 aliphatic carbocycles. The minimum absolute atomic E-state index is 0.0631. The maximum Gasteiger partial charge on any atom is 0.354 e. The minimum Gasteiger partial charge on any atom is -0.268 e. The summed E-state index contributed by atoms with van der Waals surface area (Å²) in [6, 6.07) is 1.11. The molecule has 3 heterocycles. The monoisotopic (exact) mass is 438 g/mol. The zero-order chi connectivity index (χ0) is 21.4. The average molecular weight is 438 g/mol. The summed E-state index contributed by atoms with van der Waals surface area (Å²) >= 11 is 1.11.